The molecule has 28 heavy (non-hydrogen) atoms. The molecular weight excluding hydrogens is 418 g/mol. The number of hydrogen-bond acceptors (Lipinski definition) is 5. The van der Waals surface area contributed by atoms with E-state index in [2.05, 4.69) is 44.0 Å². The van der Waals surface area contributed by atoms with Crippen molar-refractivity contribution in [3.63, 3.8) is 0 Å². The minimum Gasteiger partial charge on any atom is -0.318 e. The molecule has 144 valence electrons. The van der Waals surface area contributed by atoms with Crippen LogP contribution in [-0.2, 0) is 0 Å². The molecule has 0 aliphatic rings. The van der Waals surface area contributed by atoms with Crippen LogP contribution in [-0.4, -0.2) is 34.4 Å². The van der Waals surface area contributed by atoms with Crippen LogP contribution in [0.3, 0.4) is 0 Å². The third-order valence-electron chi connectivity index (χ3n) is 3.83. The molecule has 1 aromatic carbocycles. The Labute approximate surface area is 173 Å². The highest BCUT2D eigenvalue weighted by molar-refractivity contribution is 9.10. The largest absolute Gasteiger partial charge is 0.318 e. The van der Waals surface area contributed by atoms with Crippen molar-refractivity contribution in [1.29, 1.82) is 5.26 Å². The van der Waals surface area contributed by atoms with E-state index in [1.54, 1.807) is 36.6 Å². The molecule has 1 aromatic heterocycles. The maximum Gasteiger partial charge on any atom is 0.268 e. The van der Waals surface area contributed by atoms with E-state index in [9.17, 15) is 4.79 Å². The van der Waals surface area contributed by atoms with Crippen LogP contribution in [0.1, 0.15) is 18.2 Å². The number of nitrogens with one attached hydrogen (secondary N) is 1. The van der Waals surface area contributed by atoms with E-state index in [1.807, 2.05) is 25.3 Å². The normalized spacial score (nSPS) is 13.5. The van der Waals surface area contributed by atoms with E-state index in [1.165, 1.54) is 10.7 Å². The Morgan fingerprint density at radius 3 is 2.96 bits per heavy atom. The van der Waals surface area contributed by atoms with Crippen molar-refractivity contribution in [3.8, 4) is 17.3 Å². The molecule has 6 nitrogen and oxygen atoms in total. The Bertz CT molecular complexity index is 958. The highest BCUT2D eigenvalue weighted by Gasteiger charge is 2.13. The van der Waals surface area contributed by atoms with Gasteiger partial charge < -0.3 is 5.32 Å². The predicted molar refractivity (Wildman–Crippen MR) is 117 cm³/mol. The Hall–Kier alpha value is -2.82. The second-order valence-corrected chi connectivity index (χ2v) is 7.12. The van der Waals surface area contributed by atoms with Gasteiger partial charge in [-0.1, -0.05) is 52.9 Å². The summed E-state index contributed by atoms with van der Waals surface area (Å²) in [5.41, 5.74) is 1.67. The number of nitrogens with zero attached hydrogens (tertiary/aromatic N) is 4. The van der Waals surface area contributed by atoms with E-state index in [0.29, 0.717) is 24.2 Å². The fourth-order valence-corrected chi connectivity index (χ4v) is 2.96. The first-order chi connectivity index (χ1) is 13.6. The third-order valence-corrected chi connectivity index (χ3v) is 4.39. The van der Waals surface area contributed by atoms with E-state index < -0.39 is 6.17 Å². The van der Waals surface area contributed by atoms with Gasteiger partial charge in [-0.05, 0) is 25.2 Å². The maximum absolute atomic E-state index is 12.5. The van der Waals surface area contributed by atoms with E-state index in [4.69, 9.17) is 5.26 Å². The van der Waals surface area contributed by atoms with Crippen molar-refractivity contribution in [1.82, 2.24) is 15.1 Å². The van der Waals surface area contributed by atoms with Crippen LogP contribution in [0.25, 0.3) is 11.3 Å². The van der Waals surface area contributed by atoms with Crippen molar-refractivity contribution in [2.45, 2.75) is 17.4 Å². The Balaban J connectivity index is 2.43. The standard InChI is InChI=1S/C21H22BrN5O/c1-3-4-5-9-20(25-15-18(22)14-24-2)27-21(28)11-10-19(26-27)17-8-6-7-16(12-17)13-23/h3-8,10-12,15,18,20,24H,1,9,14H2,2H3/b5-4-,25-15?. The molecule has 7 heteroatoms. The average molecular weight is 440 g/mol. The lowest BCUT2D eigenvalue weighted by atomic mass is 10.1. The van der Waals surface area contributed by atoms with Gasteiger partial charge in [0.05, 0.1) is 22.2 Å². The summed E-state index contributed by atoms with van der Waals surface area (Å²) >= 11 is 3.52. The third kappa shape index (κ3) is 6.12. The van der Waals surface area contributed by atoms with Crippen molar-refractivity contribution in [2.75, 3.05) is 13.6 Å². The van der Waals surface area contributed by atoms with Crippen LogP contribution in [0.2, 0.25) is 0 Å². The molecule has 0 spiro atoms. The molecular formula is C21H22BrN5O. The summed E-state index contributed by atoms with van der Waals surface area (Å²) in [6.45, 7) is 4.38. The first-order valence-electron chi connectivity index (χ1n) is 8.79. The van der Waals surface area contributed by atoms with E-state index in [-0.39, 0.29) is 10.4 Å². The topological polar surface area (TPSA) is 83.1 Å². The molecule has 0 radical (unpaired) electrons. The van der Waals surface area contributed by atoms with Gasteiger partial charge in [0.1, 0.15) is 6.17 Å². The van der Waals surface area contributed by atoms with Gasteiger partial charge in [-0.15, -0.1) is 0 Å². The quantitative estimate of drug-likeness (QED) is 0.368. The molecule has 2 aromatic rings. The van der Waals surface area contributed by atoms with Gasteiger partial charge >= 0.3 is 0 Å². The number of alkyl halides is 1. The van der Waals surface area contributed by atoms with Gasteiger partial charge in [-0.25, -0.2) is 4.68 Å². The fraction of sp³-hybridized carbons (Fsp3) is 0.238. The summed E-state index contributed by atoms with van der Waals surface area (Å²) < 4.78 is 1.37. The zero-order valence-corrected chi connectivity index (χ0v) is 17.2. The summed E-state index contributed by atoms with van der Waals surface area (Å²) in [4.78, 5) is 17.1. The zero-order chi connectivity index (χ0) is 20.4. The monoisotopic (exact) mass is 439 g/mol. The Morgan fingerprint density at radius 2 is 2.25 bits per heavy atom. The van der Waals surface area contributed by atoms with Crippen molar-refractivity contribution in [2.24, 2.45) is 4.99 Å². The molecule has 1 N–H and O–H groups in total. The van der Waals surface area contributed by atoms with Gasteiger partial charge in [-0.2, -0.15) is 10.4 Å². The average Bonchev–Trinajstić information content (AvgIpc) is 2.71. The molecule has 0 amide bonds. The molecule has 2 rings (SSSR count). The lowest BCUT2D eigenvalue weighted by Gasteiger charge is -2.15. The van der Waals surface area contributed by atoms with Crippen LogP contribution in [0.15, 0.2) is 71.0 Å². The summed E-state index contributed by atoms with van der Waals surface area (Å²) in [7, 11) is 1.86. The number of aliphatic imine (C=N–C) groups is 1. The Kier molecular flexibility index (Phi) is 8.53. The number of rotatable bonds is 9. The summed E-state index contributed by atoms with van der Waals surface area (Å²) in [5, 5.41) is 16.7. The first kappa shape index (κ1) is 21.5. The highest BCUT2D eigenvalue weighted by atomic mass is 79.9. The van der Waals surface area contributed by atoms with E-state index in [0.717, 1.165) is 5.56 Å². The second kappa shape index (κ2) is 11.1. The zero-order valence-electron chi connectivity index (χ0n) is 15.6. The number of hydrogen-bond donors (Lipinski definition) is 1. The first-order valence-corrected chi connectivity index (χ1v) is 9.70. The van der Waals surface area contributed by atoms with Crippen LogP contribution in [0.5, 0.6) is 0 Å². The van der Waals surface area contributed by atoms with Crippen molar-refractivity contribution < 1.29 is 0 Å². The number of benzene rings is 1. The minimum atomic E-state index is -0.486. The lowest BCUT2D eigenvalue weighted by Crippen LogP contribution is -2.27. The number of halogens is 1. The highest BCUT2D eigenvalue weighted by Crippen LogP contribution is 2.19. The number of nitriles is 1. The van der Waals surface area contributed by atoms with Crippen LogP contribution in [0, 0.1) is 11.3 Å². The molecule has 0 bridgehead atoms. The minimum absolute atomic E-state index is 0.0366. The van der Waals surface area contributed by atoms with Gasteiger partial charge in [0, 0.05) is 30.8 Å². The molecule has 0 aliphatic carbocycles. The molecule has 0 aliphatic heterocycles. The summed E-state index contributed by atoms with van der Waals surface area (Å²) in [6.07, 6.45) is 7.16. The predicted octanol–water partition coefficient (Wildman–Crippen LogP) is 3.47. The lowest BCUT2D eigenvalue weighted by molar-refractivity contribution is 0.455. The second-order valence-electron chi connectivity index (χ2n) is 5.95. The fourth-order valence-electron chi connectivity index (χ4n) is 2.50. The van der Waals surface area contributed by atoms with Gasteiger partial charge in [0.2, 0.25) is 0 Å². The van der Waals surface area contributed by atoms with Crippen LogP contribution >= 0.6 is 15.9 Å². The molecule has 0 saturated heterocycles. The van der Waals surface area contributed by atoms with Gasteiger partial charge in [0.15, 0.2) is 0 Å². The molecule has 0 saturated carbocycles. The summed E-state index contributed by atoms with van der Waals surface area (Å²) in [6, 6.07) is 12.4. The van der Waals surface area contributed by atoms with Crippen molar-refractivity contribution in [3.05, 3.63) is 77.1 Å². The smallest absolute Gasteiger partial charge is 0.268 e. The van der Waals surface area contributed by atoms with Gasteiger partial charge in [0.25, 0.3) is 5.56 Å². The van der Waals surface area contributed by atoms with Crippen LogP contribution in [0.4, 0.5) is 0 Å². The summed E-state index contributed by atoms with van der Waals surface area (Å²) in [5.74, 6) is 0. The molecule has 2 unspecified atom stereocenters. The van der Waals surface area contributed by atoms with E-state index >= 15 is 0 Å². The number of aromatic nitrogens is 2. The maximum atomic E-state index is 12.5. The molecule has 1 heterocycles. The molecule has 2 atom stereocenters. The SMILES string of the molecule is C=C/C=C\CC(N=CC(Br)CNC)n1nc(-c2cccc(C#N)c2)ccc1=O. The molecule has 0 fully saturated rings. The van der Waals surface area contributed by atoms with Gasteiger partial charge in [-0.3, -0.25) is 9.79 Å². The van der Waals surface area contributed by atoms with Crippen molar-refractivity contribution >= 4 is 22.1 Å². The number of allylic oxidation sites excluding steroid dienone is 2. The van der Waals surface area contributed by atoms with Crippen LogP contribution < -0.4 is 10.9 Å². The Morgan fingerprint density at radius 1 is 1.43 bits per heavy atom.